The van der Waals surface area contributed by atoms with Gasteiger partial charge in [-0.3, -0.25) is 4.79 Å². The molecule has 0 aromatic heterocycles. The van der Waals surface area contributed by atoms with Gasteiger partial charge in [-0.25, -0.2) is 4.79 Å². The summed E-state index contributed by atoms with van der Waals surface area (Å²) in [5.74, 6) is -0.359. The van der Waals surface area contributed by atoms with Gasteiger partial charge in [-0.1, -0.05) is 66.7 Å². The van der Waals surface area contributed by atoms with E-state index < -0.39 is 11.7 Å². The molecule has 0 bridgehead atoms. The van der Waals surface area contributed by atoms with Crippen LogP contribution >= 0.6 is 0 Å². The number of alkyl halides is 3. The molecule has 1 aliphatic heterocycles. The number of nitrogens with one attached hydrogen (secondary N) is 2. The lowest BCUT2D eigenvalue weighted by Crippen LogP contribution is -2.43. The van der Waals surface area contributed by atoms with Crippen LogP contribution in [-0.4, -0.2) is 23.4 Å². The summed E-state index contributed by atoms with van der Waals surface area (Å²) < 4.78 is 38.9. The first-order valence-electron chi connectivity index (χ1n) is 13.0. The summed E-state index contributed by atoms with van der Waals surface area (Å²) >= 11 is 0. The van der Waals surface area contributed by atoms with Crippen molar-refractivity contribution in [2.24, 2.45) is 0 Å². The number of hydrogen-bond donors (Lipinski definition) is 2. The second kappa shape index (κ2) is 11.3. The first kappa shape index (κ1) is 27.0. The summed E-state index contributed by atoms with van der Waals surface area (Å²) in [6.45, 7) is 2.97. The van der Waals surface area contributed by atoms with Gasteiger partial charge in [-0.2, -0.15) is 13.2 Å². The number of nitrogens with zero attached hydrogens (tertiary/aromatic N) is 1. The summed E-state index contributed by atoms with van der Waals surface area (Å²) in [5.41, 5.74) is 4.38. The minimum Gasteiger partial charge on any atom is -0.331 e. The number of carbonyl (C=O) groups is 2. The van der Waals surface area contributed by atoms with E-state index in [4.69, 9.17) is 0 Å². The molecule has 2 N–H and O–H groups in total. The molecular weight excluding hydrogens is 515 g/mol. The van der Waals surface area contributed by atoms with Gasteiger partial charge in [0.2, 0.25) is 0 Å². The fourth-order valence-corrected chi connectivity index (χ4v) is 4.88. The molecule has 0 spiro atoms. The third-order valence-corrected chi connectivity index (χ3v) is 7.10. The molecule has 1 aliphatic rings. The molecular formula is C32H28F3N3O2. The van der Waals surface area contributed by atoms with Crippen LogP contribution in [0.1, 0.15) is 45.6 Å². The Hall–Kier alpha value is -4.59. The van der Waals surface area contributed by atoms with Crippen molar-refractivity contribution in [3.05, 3.63) is 125 Å². The van der Waals surface area contributed by atoms with Crippen LogP contribution in [-0.2, 0) is 19.1 Å². The standard InChI is InChI=1S/C32H28F3N3O2/c1-21(22-7-3-2-4-8-22)36-31(40)38-18-17-24-19-27(16-13-25(24)20-38)37-30(39)29-10-6-5-9-28(29)23-11-14-26(15-12-23)32(33,34)35/h2-16,19,21H,17-18,20H2,1H3,(H,36,40)(H,37,39). The zero-order valence-electron chi connectivity index (χ0n) is 21.8. The number of halogens is 3. The quantitative estimate of drug-likeness (QED) is 0.275. The summed E-state index contributed by atoms with van der Waals surface area (Å²) in [4.78, 5) is 27.9. The average Bonchev–Trinajstić information content (AvgIpc) is 2.97. The monoisotopic (exact) mass is 543 g/mol. The SMILES string of the molecule is CC(NC(=O)N1CCc2cc(NC(=O)c3ccccc3-c3ccc(C(F)(F)F)cc3)ccc2C1)c1ccccc1. The Balaban J connectivity index is 1.26. The molecule has 1 unspecified atom stereocenters. The van der Waals surface area contributed by atoms with Crippen LogP contribution in [0.3, 0.4) is 0 Å². The fraction of sp³-hybridized carbons (Fsp3) is 0.188. The van der Waals surface area contributed by atoms with Gasteiger partial charge in [0.25, 0.3) is 5.91 Å². The number of benzene rings is 4. The van der Waals surface area contributed by atoms with Gasteiger partial charge < -0.3 is 15.5 Å². The van der Waals surface area contributed by atoms with Gasteiger partial charge in [0.1, 0.15) is 0 Å². The second-order valence-corrected chi connectivity index (χ2v) is 9.81. The summed E-state index contributed by atoms with van der Waals surface area (Å²) in [5, 5.41) is 5.98. The summed E-state index contributed by atoms with van der Waals surface area (Å²) in [7, 11) is 0. The highest BCUT2D eigenvalue weighted by Crippen LogP contribution is 2.32. The van der Waals surface area contributed by atoms with Crippen molar-refractivity contribution in [2.45, 2.75) is 32.1 Å². The molecule has 204 valence electrons. The van der Waals surface area contributed by atoms with Crippen LogP contribution < -0.4 is 10.6 Å². The van der Waals surface area contributed by atoms with Gasteiger partial charge in [-0.15, -0.1) is 0 Å². The number of urea groups is 1. The van der Waals surface area contributed by atoms with E-state index in [0.29, 0.717) is 41.9 Å². The minimum atomic E-state index is -4.43. The second-order valence-electron chi connectivity index (χ2n) is 9.81. The van der Waals surface area contributed by atoms with E-state index in [2.05, 4.69) is 10.6 Å². The number of amides is 3. The van der Waals surface area contributed by atoms with Crippen molar-refractivity contribution in [3.8, 4) is 11.1 Å². The van der Waals surface area contributed by atoms with Crippen LogP contribution in [0, 0.1) is 0 Å². The Morgan fingerprint density at radius 2 is 1.55 bits per heavy atom. The maximum atomic E-state index is 13.2. The van der Waals surface area contributed by atoms with E-state index in [1.807, 2.05) is 49.4 Å². The van der Waals surface area contributed by atoms with Crippen molar-refractivity contribution in [1.29, 1.82) is 0 Å². The van der Waals surface area contributed by atoms with Crippen molar-refractivity contribution in [2.75, 3.05) is 11.9 Å². The Morgan fingerprint density at radius 3 is 2.27 bits per heavy atom. The van der Waals surface area contributed by atoms with Gasteiger partial charge in [0, 0.05) is 24.3 Å². The molecule has 4 aromatic carbocycles. The predicted octanol–water partition coefficient (Wildman–Crippen LogP) is 7.45. The highest BCUT2D eigenvalue weighted by atomic mass is 19.4. The highest BCUT2D eigenvalue weighted by Gasteiger charge is 2.30. The van der Waals surface area contributed by atoms with E-state index in [1.165, 1.54) is 12.1 Å². The molecule has 0 saturated carbocycles. The maximum Gasteiger partial charge on any atom is 0.416 e. The lowest BCUT2D eigenvalue weighted by molar-refractivity contribution is -0.137. The van der Waals surface area contributed by atoms with Gasteiger partial charge in [-0.05, 0) is 71.5 Å². The van der Waals surface area contributed by atoms with Crippen LogP contribution in [0.4, 0.5) is 23.7 Å². The van der Waals surface area contributed by atoms with Crippen LogP contribution in [0.25, 0.3) is 11.1 Å². The van der Waals surface area contributed by atoms with Crippen molar-refractivity contribution >= 4 is 17.6 Å². The lowest BCUT2D eigenvalue weighted by Gasteiger charge is -2.30. The molecule has 0 aliphatic carbocycles. The molecule has 0 fully saturated rings. The molecule has 40 heavy (non-hydrogen) atoms. The zero-order valence-corrected chi connectivity index (χ0v) is 21.8. The third kappa shape index (κ3) is 6.01. The van der Waals surface area contributed by atoms with Gasteiger partial charge >= 0.3 is 12.2 Å². The Kier molecular flexibility index (Phi) is 7.60. The molecule has 3 amide bonds. The Bertz CT molecular complexity index is 1520. The lowest BCUT2D eigenvalue weighted by atomic mass is 9.97. The Morgan fingerprint density at radius 1 is 0.850 bits per heavy atom. The summed E-state index contributed by atoms with van der Waals surface area (Å²) in [6.07, 6.45) is -3.78. The molecule has 8 heteroatoms. The van der Waals surface area contributed by atoms with E-state index in [0.717, 1.165) is 28.8 Å². The number of carbonyl (C=O) groups excluding carboxylic acids is 2. The van der Waals surface area contributed by atoms with E-state index in [1.54, 1.807) is 35.2 Å². The average molecular weight is 544 g/mol. The smallest absolute Gasteiger partial charge is 0.331 e. The van der Waals surface area contributed by atoms with E-state index in [9.17, 15) is 22.8 Å². The molecule has 0 radical (unpaired) electrons. The number of fused-ring (bicyclic) bond motifs is 1. The maximum absolute atomic E-state index is 13.2. The van der Waals surface area contributed by atoms with Gasteiger partial charge in [0.15, 0.2) is 0 Å². The first-order chi connectivity index (χ1) is 19.2. The fourth-order valence-electron chi connectivity index (χ4n) is 4.88. The molecule has 5 rings (SSSR count). The zero-order chi connectivity index (χ0) is 28.3. The van der Waals surface area contributed by atoms with Crippen LogP contribution in [0.2, 0.25) is 0 Å². The van der Waals surface area contributed by atoms with E-state index in [-0.39, 0.29) is 18.0 Å². The normalized spacial score (nSPS) is 13.8. The van der Waals surface area contributed by atoms with Crippen LogP contribution in [0.5, 0.6) is 0 Å². The van der Waals surface area contributed by atoms with Crippen molar-refractivity contribution in [3.63, 3.8) is 0 Å². The van der Waals surface area contributed by atoms with Crippen molar-refractivity contribution < 1.29 is 22.8 Å². The first-order valence-corrected chi connectivity index (χ1v) is 13.0. The number of rotatable bonds is 5. The predicted molar refractivity (Wildman–Crippen MR) is 149 cm³/mol. The third-order valence-electron chi connectivity index (χ3n) is 7.10. The largest absolute Gasteiger partial charge is 0.416 e. The van der Waals surface area contributed by atoms with Gasteiger partial charge in [0.05, 0.1) is 11.6 Å². The molecule has 0 saturated heterocycles. The van der Waals surface area contributed by atoms with E-state index >= 15 is 0 Å². The molecule has 4 aromatic rings. The number of hydrogen-bond acceptors (Lipinski definition) is 2. The topological polar surface area (TPSA) is 61.4 Å². The molecule has 1 atom stereocenters. The minimum absolute atomic E-state index is 0.113. The molecule has 1 heterocycles. The highest BCUT2D eigenvalue weighted by molar-refractivity contribution is 6.08. The number of anilines is 1. The molecule has 5 nitrogen and oxygen atoms in total. The van der Waals surface area contributed by atoms with Crippen LogP contribution in [0.15, 0.2) is 97.1 Å². The van der Waals surface area contributed by atoms with Crippen molar-refractivity contribution in [1.82, 2.24) is 10.2 Å². The Labute approximate surface area is 230 Å². The summed E-state index contributed by atoms with van der Waals surface area (Å²) in [6, 6.07) is 26.8.